The molecule has 6 heteroatoms. The lowest BCUT2D eigenvalue weighted by atomic mass is 9.95. The number of anilines is 2. The van der Waals surface area contributed by atoms with Crippen LogP contribution >= 0.6 is 31.9 Å². The van der Waals surface area contributed by atoms with E-state index < -0.39 is 0 Å². The summed E-state index contributed by atoms with van der Waals surface area (Å²) in [5.74, 6) is 0. The smallest absolute Gasteiger partial charge is 0.0380 e. The zero-order valence-corrected chi connectivity index (χ0v) is 24.9. The normalized spacial score (nSPS) is 15.6. The van der Waals surface area contributed by atoms with E-state index in [1.165, 1.54) is 54.3 Å². The van der Waals surface area contributed by atoms with Gasteiger partial charge in [-0.1, -0.05) is 62.2 Å². The number of benzene rings is 3. The minimum absolute atomic E-state index is 0.983. The third-order valence-electron chi connectivity index (χ3n) is 7.51. The van der Waals surface area contributed by atoms with Crippen LogP contribution in [-0.2, 0) is 32.4 Å². The number of likely N-dealkylation sites (N-methyl/N-ethyl adjacent to an activating group) is 1. The molecule has 0 radical (unpaired) electrons. The van der Waals surface area contributed by atoms with E-state index in [4.69, 9.17) is 11.5 Å². The summed E-state index contributed by atoms with van der Waals surface area (Å²) in [6.07, 6.45) is 4.49. The minimum Gasteiger partial charge on any atom is -0.398 e. The molecule has 0 aromatic heterocycles. The Morgan fingerprint density at radius 2 is 1.33 bits per heavy atom. The van der Waals surface area contributed by atoms with Gasteiger partial charge in [-0.15, -0.1) is 0 Å². The molecule has 0 fully saturated rings. The molecule has 3 aromatic carbocycles. The maximum Gasteiger partial charge on any atom is 0.0380 e. The van der Waals surface area contributed by atoms with E-state index in [2.05, 4.69) is 105 Å². The van der Waals surface area contributed by atoms with Gasteiger partial charge in [-0.05, 0) is 104 Å². The molecule has 0 atom stereocenters. The summed E-state index contributed by atoms with van der Waals surface area (Å²) in [7, 11) is 2.14. The molecule has 36 heavy (non-hydrogen) atoms. The molecule has 0 unspecified atom stereocenters. The van der Waals surface area contributed by atoms with Gasteiger partial charge in [-0.25, -0.2) is 0 Å². The zero-order chi connectivity index (χ0) is 25.8. The van der Waals surface area contributed by atoms with Gasteiger partial charge in [0.05, 0.1) is 0 Å². The van der Waals surface area contributed by atoms with Crippen LogP contribution in [0.3, 0.4) is 0 Å². The van der Waals surface area contributed by atoms with Crippen LogP contribution in [0.25, 0.3) is 0 Å². The van der Waals surface area contributed by atoms with Gasteiger partial charge in [0.1, 0.15) is 0 Å². The van der Waals surface area contributed by atoms with Crippen LogP contribution in [-0.4, -0.2) is 36.5 Å². The van der Waals surface area contributed by atoms with Gasteiger partial charge in [0.15, 0.2) is 0 Å². The van der Waals surface area contributed by atoms with Crippen LogP contribution in [0.4, 0.5) is 11.4 Å². The van der Waals surface area contributed by atoms with E-state index >= 15 is 0 Å². The van der Waals surface area contributed by atoms with E-state index in [0.717, 1.165) is 63.4 Å². The van der Waals surface area contributed by atoms with Gasteiger partial charge in [-0.3, -0.25) is 4.90 Å². The minimum atomic E-state index is 0.983. The first-order chi connectivity index (χ1) is 17.2. The summed E-state index contributed by atoms with van der Waals surface area (Å²) in [5.41, 5.74) is 23.5. The Kier molecular flexibility index (Phi) is 9.15. The van der Waals surface area contributed by atoms with Crippen molar-refractivity contribution in [2.45, 2.75) is 52.6 Å². The lowest BCUT2D eigenvalue weighted by Crippen LogP contribution is -2.32. The van der Waals surface area contributed by atoms with Gasteiger partial charge < -0.3 is 16.4 Å². The fourth-order valence-corrected chi connectivity index (χ4v) is 6.70. The van der Waals surface area contributed by atoms with E-state index in [-0.39, 0.29) is 0 Å². The predicted molar refractivity (Wildman–Crippen MR) is 160 cm³/mol. The molecule has 0 spiro atoms. The fraction of sp³-hybridized carbons (Fsp3) is 0.400. The van der Waals surface area contributed by atoms with E-state index in [9.17, 15) is 0 Å². The van der Waals surface area contributed by atoms with Crippen molar-refractivity contribution in [2.75, 3.05) is 38.1 Å². The van der Waals surface area contributed by atoms with E-state index in [0.29, 0.717) is 0 Å². The lowest BCUT2D eigenvalue weighted by Gasteiger charge is -2.31. The number of rotatable bonds is 4. The Morgan fingerprint density at radius 3 is 1.94 bits per heavy atom. The molecular weight excluding hydrogens is 576 g/mol. The van der Waals surface area contributed by atoms with Crippen molar-refractivity contribution in [3.63, 3.8) is 0 Å². The highest BCUT2D eigenvalue weighted by atomic mass is 79.9. The first kappa shape index (κ1) is 27.2. The molecule has 4 nitrogen and oxygen atoms in total. The average Bonchev–Trinajstić information content (AvgIpc) is 2.87. The highest BCUT2D eigenvalue weighted by Gasteiger charge is 2.21. The molecule has 3 aromatic rings. The molecule has 0 saturated carbocycles. The Balaban J connectivity index is 0.000000187. The first-order valence-corrected chi connectivity index (χ1v) is 14.4. The van der Waals surface area contributed by atoms with Crippen molar-refractivity contribution in [2.24, 2.45) is 0 Å². The van der Waals surface area contributed by atoms with Crippen molar-refractivity contribution < 1.29 is 0 Å². The molecule has 2 aliphatic heterocycles. The molecule has 5 rings (SSSR count). The second kappa shape index (κ2) is 12.1. The molecule has 0 bridgehead atoms. The summed E-state index contributed by atoms with van der Waals surface area (Å²) in [6, 6.07) is 15.0. The molecule has 2 heterocycles. The maximum absolute atomic E-state index is 6.25. The zero-order valence-electron chi connectivity index (χ0n) is 21.7. The maximum atomic E-state index is 6.25. The number of fused-ring (bicyclic) bond motifs is 2. The van der Waals surface area contributed by atoms with Crippen LogP contribution in [0.5, 0.6) is 0 Å². The van der Waals surface area contributed by atoms with Crippen molar-refractivity contribution in [1.82, 2.24) is 9.80 Å². The number of nitrogen functional groups attached to an aromatic ring is 2. The molecule has 0 amide bonds. The van der Waals surface area contributed by atoms with Crippen molar-refractivity contribution >= 4 is 43.2 Å². The second-order valence-electron chi connectivity index (χ2n) is 10.2. The lowest BCUT2D eigenvalue weighted by molar-refractivity contribution is 0.251. The Labute approximate surface area is 233 Å². The standard InChI is InChI=1S/C19H23BrN2.C11H15BrN2/c1-14-12-18(20)17-13-22(11-9-16(17)19(14)21)10-5-8-15-6-3-2-4-7-15;1-7-5-10(12)9-6-14(2)4-3-8(9)11(7)13/h2-4,6-7,12H,5,8-11,13,21H2,1H3;5H,3-4,6,13H2,1-2H3. The fourth-order valence-electron chi connectivity index (χ4n) is 5.28. The van der Waals surface area contributed by atoms with Crippen molar-refractivity contribution in [1.29, 1.82) is 0 Å². The van der Waals surface area contributed by atoms with Gasteiger partial charge in [0.25, 0.3) is 0 Å². The first-order valence-electron chi connectivity index (χ1n) is 12.8. The number of aryl methyl sites for hydroxylation is 3. The van der Waals surface area contributed by atoms with Crippen LogP contribution in [0.2, 0.25) is 0 Å². The Bertz CT molecular complexity index is 1210. The predicted octanol–water partition coefficient (Wildman–Crippen LogP) is 6.66. The summed E-state index contributed by atoms with van der Waals surface area (Å²) in [5, 5.41) is 0. The summed E-state index contributed by atoms with van der Waals surface area (Å²) in [4.78, 5) is 4.87. The third-order valence-corrected chi connectivity index (χ3v) is 8.92. The molecule has 192 valence electrons. The second-order valence-corrected chi connectivity index (χ2v) is 11.9. The van der Waals surface area contributed by atoms with E-state index in [1.54, 1.807) is 0 Å². The number of halogens is 2. The summed E-state index contributed by atoms with van der Waals surface area (Å²) >= 11 is 7.33. The summed E-state index contributed by atoms with van der Waals surface area (Å²) < 4.78 is 2.41. The summed E-state index contributed by atoms with van der Waals surface area (Å²) in [6.45, 7) is 9.53. The number of hydrogen-bond acceptors (Lipinski definition) is 4. The van der Waals surface area contributed by atoms with Crippen molar-refractivity contribution in [3.8, 4) is 0 Å². The largest absolute Gasteiger partial charge is 0.398 e. The Hall–Kier alpha value is -1.86. The highest BCUT2D eigenvalue weighted by Crippen LogP contribution is 2.34. The molecule has 0 saturated heterocycles. The number of nitrogens with zero attached hydrogens (tertiary/aromatic N) is 2. The highest BCUT2D eigenvalue weighted by molar-refractivity contribution is 9.10. The van der Waals surface area contributed by atoms with Gasteiger partial charge in [0.2, 0.25) is 0 Å². The SMILES string of the molecule is Cc1cc(Br)c2c(c1N)CCN(C)C2.Cc1cc(Br)c2c(c1N)CCN(CCCc1ccccc1)C2. The van der Waals surface area contributed by atoms with Gasteiger partial charge in [-0.2, -0.15) is 0 Å². The monoisotopic (exact) mass is 612 g/mol. The molecule has 0 aliphatic carbocycles. The van der Waals surface area contributed by atoms with Crippen LogP contribution < -0.4 is 11.5 Å². The molecular formula is C30H38Br2N4. The number of hydrogen-bond donors (Lipinski definition) is 2. The third kappa shape index (κ3) is 6.34. The van der Waals surface area contributed by atoms with Gasteiger partial charge in [0, 0.05) is 46.5 Å². The van der Waals surface area contributed by atoms with Crippen LogP contribution in [0, 0.1) is 13.8 Å². The van der Waals surface area contributed by atoms with Crippen LogP contribution in [0.1, 0.15) is 45.4 Å². The van der Waals surface area contributed by atoms with Crippen LogP contribution in [0.15, 0.2) is 51.4 Å². The topological polar surface area (TPSA) is 58.5 Å². The molecule has 2 aliphatic rings. The van der Waals surface area contributed by atoms with Crippen molar-refractivity contribution in [3.05, 3.63) is 90.4 Å². The molecule has 4 N–H and O–H groups in total. The van der Waals surface area contributed by atoms with E-state index in [1.807, 2.05) is 0 Å². The number of nitrogens with two attached hydrogens (primary N) is 2. The average molecular weight is 614 g/mol. The Morgan fingerprint density at radius 1 is 0.778 bits per heavy atom. The quantitative estimate of drug-likeness (QED) is 0.323. The van der Waals surface area contributed by atoms with Gasteiger partial charge >= 0.3 is 0 Å².